The third-order valence-electron chi connectivity index (χ3n) is 10.9. The zero-order valence-corrected chi connectivity index (χ0v) is 53.1. The maximum absolute atomic E-state index is 12.4. The molecule has 0 bridgehead atoms. The van der Waals surface area contributed by atoms with E-state index in [4.69, 9.17) is 41.5 Å². The van der Waals surface area contributed by atoms with Gasteiger partial charge in [0, 0.05) is 19.3 Å². The van der Waals surface area contributed by atoms with Crippen molar-refractivity contribution in [3.8, 4) is 0 Å². The molecular weight excluding hydrogens is 1180 g/mol. The molecule has 3 amide bonds. The largest absolute Gasteiger partial charge is 0.467 e. The van der Waals surface area contributed by atoms with Crippen LogP contribution in [-0.2, 0) is 105 Å². The van der Waals surface area contributed by atoms with Gasteiger partial charge in [-0.3, -0.25) is 13.3 Å². The number of methoxy groups -OCH3 is 5. The Kier molecular flexibility index (Phi) is 32.7. The predicted molar refractivity (Wildman–Crippen MR) is 301 cm³/mol. The second-order valence-electron chi connectivity index (χ2n) is 21.4. The van der Waals surface area contributed by atoms with Crippen LogP contribution >= 0.6 is 0 Å². The lowest BCUT2D eigenvalue weighted by Gasteiger charge is -2.27. The molecule has 0 saturated carbocycles. The molecule has 0 aromatic heterocycles. The molecule has 31 heteroatoms. The lowest BCUT2D eigenvalue weighted by atomic mass is 10.1. The first-order valence-corrected chi connectivity index (χ1v) is 29.4. The van der Waals surface area contributed by atoms with Crippen LogP contribution in [0.1, 0.15) is 92.7 Å². The number of hydrogen-bond acceptors (Lipinski definition) is 25. The number of rotatable bonds is 26. The molecule has 1 saturated heterocycles. The molecule has 0 aliphatic carbocycles. The molecule has 3 unspecified atom stereocenters. The average molecular weight is 1270 g/mol. The van der Waals surface area contributed by atoms with Gasteiger partial charge in [-0.15, -0.1) is 0 Å². The van der Waals surface area contributed by atoms with Crippen molar-refractivity contribution >= 4 is 68.4 Å². The molecule has 0 spiro atoms. The van der Waals surface area contributed by atoms with Gasteiger partial charge in [-0.2, -0.15) is 16.8 Å². The lowest BCUT2D eigenvalue weighted by Crippen LogP contribution is -2.47. The van der Waals surface area contributed by atoms with E-state index >= 15 is 0 Å². The van der Waals surface area contributed by atoms with Crippen LogP contribution in [0, 0.1) is 13.8 Å². The molecule has 6 atom stereocenters. The number of carbonyl (C=O) groups excluding carboxylic acids is 8. The number of benzene rings is 2. The molecule has 3 rings (SSSR count). The Morgan fingerprint density at radius 1 is 0.535 bits per heavy atom. The minimum Gasteiger partial charge on any atom is -0.467 e. The van der Waals surface area contributed by atoms with Crippen molar-refractivity contribution < 1.29 is 120 Å². The maximum Gasteiger partial charge on any atom is 0.411 e. The average Bonchev–Trinajstić information content (AvgIpc) is 2.26. The van der Waals surface area contributed by atoms with Gasteiger partial charge in [0.25, 0.3) is 20.2 Å². The third kappa shape index (κ3) is 30.0. The van der Waals surface area contributed by atoms with Crippen LogP contribution in [-0.4, -0.2) is 205 Å². The van der Waals surface area contributed by atoms with E-state index in [1.807, 2.05) is 13.8 Å². The molecule has 2 aromatic carbocycles. The van der Waals surface area contributed by atoms with Crippen molar-refractivity contribution in [2.75, 3.05) is 81.8 Å². The first kappa shape index (κ1) is 77.2. The summed E-state index contributed by atoms with van der Waals surface area (Å²) in [7, 11) is -2.17. The van der Waals surface area contributed by atoms with Gasteiger partial charge in [0.05, 0.1) is 91.0 Å². The monoisotopic (exact) mass is 1270 g/mol. The number of likely N-dealkylation sites (tertiary alicyclic amines) is 1. The Bertz CT molecular complexity index is 2730. The topological polar surface area (TPSA) is 352 Å². The first-order chi connectivity index (χ1) is 39.9. The van der Waals surface area contributed by atoms with Crippen LogP contribution in [0.3, 0.4) is 0 Å². The van der Waals surface area contributed by atoms with E-state index in [1.54, 1.807) is 86.6 Å². The third-order valence-corrected chi connectivity index (χ3v) is 13.5. The zero-order chi connectivity index (χ0) is 65.8. The van der Waals surface area contributed by atoms with E-state index in [1.165, 1.54) is 36.3 Å². The molecule has 1 aliphatic heterocycles. The summed E-state index contributed by atoms with van der Waals surface area (Å²) in [6.07, 6.45) is -5.82. The van der Waals surface area contributed by atoms with Crippen LogP contribution in [0.2, 0.25) is 0 Å². The molecule has 2 N–H and O–H groups in total. The molecule has 488 valence electrons. The van der Waals surface area contributed by atoms with Crippen molar-refractivity contribution in [1.82, 2.24) is 15.5 Å². The summed E-state index contributed by atoms with van der Waals surface area (Å²) in [6, 6.07) is 9.07. The SMILES string of the molecule is COC(=O)C(C[C@H](OCCOS(=O)(=O)c1ccc(C)cc1)C(=O)OC)NC(=O)OC(C)(C)C.COC(=O)C(C[C@H](OCC[18F])C(=O)OC)NC(=O)OC(C)(C)C.COC(=O)C1C[C@H](OCCOS(=O)(=O)c2ccc(C)cc2)CN1C(=O)OC(C)(C)C. The second-order valence-corrected chi connectivity index (χ2v) is 24.7. The standard InChI is InChI=1S/C21H31NO10S.C20H29NO8S.C14H24FNO7/c1-14-7-9-15(10-8-14)33(26,27)31-12-11-30-17(19(24)29-6)13-16(18(23)28-5)22-20(25)32-21(2,3)4;1-14-6-8-16(9-7-14)30(24,25)28-11-10-27-15-12-17(18(22)26-5)21(13-15)19(23)29-20(2,3)4;1-14(2,3)23-13(19)16-9(11(17)20-4)8-10(12(18)21-5)22-7-6-15/h7-10,16-17H,11-13H2,1-6H3,(H,22,25);6-9,15,17H,10-13H2,1-5H3;9-10H,6-8H2,1-5H3,(H,16,19)/t16?,17-;15-,17?;9?,10-/m000/s1/i;;15-1. The summed E-state index contributed by atoms with van der Waals surface area (Å²) >= 11 is 0. The highest BCUT2D eigenvalue weighted by Gasteiger charge is 2.43. The summed E-state index contributed by atoms with van der Waals surface area (Å²) in [6.45, 7) is 16.8. The molecule has 1 fully saturated rings. The van der Waals surface area contributed by atoms with Crippen molar-refractivity contribution in [2.24, 2.45) is 0 Å². The molecule has 28 nitrogen and oxygen atoms in total. The fraction of sp³-hybridized carbons (Fsp3) is 0.636. The van der Waals surface area contributed by atoms with E-state index in [0.29, 0.717) is 0 Å². The van der Waals surface area contributed by atoms with E-state index in [2.05, 4.69) is 29.6 Å². The number of ether oxygens (including phenoxy) is 11. The number of nitrogens with one attached hydrogen (secondary N) is 2. The van der Waals surface area contributed by atoms with E-state index in [0.717, 1.165) is 39.6 Å². The summed E-state index contributed by atoms with van der Waals surface area (Å²) in [5.74, 6) is -3.83. The quantitative estimate of drug-likeness (QED) is 0.0544. The van der Waals surface area contributed by atoms with Crippen LogP contribution < -0.4 is 10.6 Å². The van der Waals surface area contributed by atoms with Gasteiger partial charge in [-0.05, 0) is 100 Å². The highest BCUT2D eigenvalue weighted by Crippen LogP contribution is 2.25. The van der Waals surface area contributed by atoms with Crippen molar-refractivity contribution in [1.29, 1.82) is 0 Å². The second kappa shape index (κ2) is 36.4. The Morgan fingerprint density at radius 3 is 1.26 bits per heavy atom. The van der Waals surface area contributed by atoms with E-state index in [-0.39, 0.29) is 62.0 Å². The minimum atomic E-state index is -4.02. The fourth-order valence-electron chi connectivity index (χ4n) is 6.99. The van der Waals surface area contributed by atoms with Crippen molar-refractivity contribution in [3.63, 3.8) is 0 Å². The van der Waals surface area contributed by atoms with Gasteiger partial charge in [0.15, 0.2) is 12.2 Å². The number of alkyl carbamates (subject to hydrolysis) is 2. The number of nitrogens with zero attached hydrogens (tertiary/aromatic N) is 1. The van der Waals surface area contributed by atoms with Gasteiger partial charge in [0.1, 0.15) is 41.6 Å². The smallest absolute Gasteiger partial charge is 0.411 e. The summed E-state index contributed by atoms with van der Waals surface area (Å²) in [5.41, 5.74) is -0.471. The summed E-state index contributed by atoms with van der Waals surface area (Å²) in [4.78, 5) is 97.2. The summed E-state index contributed by atoms with van der Waals surface area (Å²) in [5, 5.41) is 4.62. The predicted octanol–water partition coefficient (Wildman–Crippen LogP) is 4.95. The first-order valence-electron chi connectivity index (χ1n) is 26.6. The fourth-order valence-corrected chi connectivity index (χ4v) is 8.78. The van der Waals surface area contributed by atoms with Gasteiger partial charge in [0.2, 0.25) is 0 Å². The van der Waals surface area contributed by atoms with Crippen LogP contribution in [0.15, 0.2) is 58.3 Å². The molecule has 0 radical (unpaired) electrons. The molecular formula is C55H84FN3O25S2. The number of halogens is 1. The van der Waals surface area contributed by atoms with Gasteiger partial charge in [-0.25, -0.2) is 42.7 Å². The number of esters is 5. The Labute approximate surface area is 502 Å². The molecule has 86 heavy (non-hydrogen) atoms. The van der Waals surface area contributed by atoms with Gasteiger partial charge >= 0.3 is 48.1 Å². The van der Waals surface area contributed by atoms with Crippen molar-refractivity contribution in [3.05, 3.63) is 59.7 Å². The van der Waals surface area contributed by atoms with Crippen molar-refractivity contribution in [2.45, 2.75) is 158 Å². The van der Waals surface area contributed by atoms with Crippen LogP contribution in [0.4, 0.5) is 18.8 Å². The minimum absolute atomic E-state index is 0.0220. The number of carbonyl (C=O) groups is 8. The highest BCUT2D eigenvalue weighted by atomic mass is 32.2. The Hall–Kier alpha value is -6.77. The Balaban J connectivity index is 0.000000656. The van der Waals surface area contributed by atoms with Gasteiger partial charge in [-0.1, -0.05) is 35.4 Å². The number of hydrogen-bond donors (Lipinski definition) is 2. The molecule has 1 aliphatic rings. The van der Waals surface area contributed by atoms with Gasteiger partial charge < -0.3 is 62.7 Å². The number of aryl methyl sites for hydroxylation is 2. The normalized spacial score (nSPS) is 15.7. The Morgan fingerprint density at radius 2 is 0.907 bits per heavy atom. The molecule has 2 aromatic rings. The number of amides is 3. The van der Waals surface area contributed by atoms with E-state index in [9.17, 15) is 59.6 Å². The zero-order valence-electron chi connectivity index (χ0n) is 51.5. The van der Waals surface area contributed by atoms with Crippen LogP contribution in [0.25, 0.3) is 0 Å². The summed E-state index contributed by atoms with van der Waals surface area (Å²) < 4.78 is 126. The maximum atomic E-state index is 12.4. The number of alkyl halides is 1. The van der Waals surface area contributed by atoms with Crippen LogP contribution in [0.5, 0.6) is 0 Å². The highest BCUT2D eigenvalue weighted by molar-refractivity contribution is 7.87. The lowest BCUT2D eigenvalue weighted by molar-refractivity contribution is -0.158. The molecule has 1 heterocycles. The van der Waals surface area contributed by atoms with E-state index < -0.39 is 135 Å².